The average molecular weight is 406 g/mol. The number of rotatable bonds is 7. The van der Waals surface area contributed by atoms with Gasteiger partial charge >= 0.3 is 0 Å². The number of aromatic nitrogens is 2. The third-order valence-electron chi connectivity index (χ3n) is 5.38. The molecule has 7 nitrogen and oxygen atoms in total. The van der Waals surface area contributed by atoms with Crippen LogP contribution in [-0.2, 0) is 22.6 Å². The normalized spacial score (nSPS) is 16.0. The summed E-state index contributed by atoms with van der Waals surface area (Å²) in [6, 6.07) is 15.1. The van der Waals surface area contributed by atoms with Crippen molar-refractivity contribution in [3.63, 3.8) is 0 Å². The molecule has 1 aromatic heterocycles. The number of carbonyl (C=O) groups is 2. The summed E-state index contributed by atoms with van der Waals surface area (Å²) in [4.78, 5) is 29.8. The Balaban J connectivity index is 1.47. The van der Waals surface area contributed by atoms with Gasteiger partial charge in [-0.25, -0.2) is 4.98 Å². The van der Waals surface area contributed by atoms with Crippen LogP contribution in [0, 0.1) is 6.92 Å². The largest absolute Gasteiger partial charge is 0.376 e. The number of imidazole rings is 1. The first-order valence-electron chi connectivity index (χ1n) is 10.3. The van der Waals surface area contributed by atoms with Gasteiger partial charge in [0.1, 0.15) is 12.4 Å². The molecule has 156 valence electrons. The lowest BCUT2D eigenvalue weighted by molar-refractivity contribution is -0.122. The topological polar surface area (TPSA) is 85.2 Å². The number of carbonyl (C=O) groups excluding carboxylic acids is 2. The summed E-state index contributed by atoms with van der Waals surface area (Å²) in [6.45, 7) is 3.56. The monoisotopic (exact) mass is 406 g/mol. The van der Waals surface area contributed by atoms with E-state index in [0.29, 0.717) is 17.9 Å². The highest BCUT2D eigenvalue weighted by Gasteiger charge is 2.18. The molecule has 1 aliphatic rings. The maximum Gasteiger partial charge on any atom is 0.251 e. The van der Waals surface area contributed by atoms with E-state index in [-0.39, 0.29) is 31.0 Å². The quantitative estimate of drug-likeness (QED) is 0.632. The van der Waals surface area contributed by atoms with Crippen LogP contribution >= 0.6 is 0 Å². The lowest BCUT2D eigenvalue weighted by Crippen LogP contribution is -2.35. The molecule has 0 aliphatic carbocycles. The highest BCUT2D eigenvalue weighted by atomic mass is 16.5. The van der Waals surface area contributed by atoms with Gasteiger partial charge in [-0.05, 0) is 43.5 Å². The average Bonchev–Trinajstić information content (AvgIpc) is 3.39. The van der Waals surface area contributed by atoms with Crippen molar-refractivity contribution in [1.29, 1.82) is 0 Å². The maximum atomic E-state index is 12.6. The van der Waals surface area contributed by atoms with Crippen LogP contribution in [0.3, 0.4) is 0 Å². The fraction of sp³-hybridized carbons (Fsp3) is 0.348. The van der Waals surface area contributed by atoms with E-state index in [1.807, 2.05) is 54.0 Å². The van der Waals surface area contributed by atoms with E-state index < -0.39 is 0 Å². The van der Waals surface area contributed by atoms with Crippen LogP contribution in [0.2, 0.25) is 0 Å². The minimum Gasteiger partial charge on any atom is -0.376 e. The number of aryl methyl sites for hydroxylation is 1. The van der Waals surface area contributed by atoms with Crippen molar-refractivity contribution in [2.24, 2.45) is 0 Å². The van der Waals surface area contributed by atoms with Crippen molar-refractivity contribution >= 4 is 22.8 Å². The summed E-state index contributed by atoms with van der Waals surface area (Å²) in [6.07, 6.45) is 2.11. The molecule has 1 fully saturated rings. The van der Waals surface area contributed by atoms with Gasteiger partial charge in [0.2, 0.25) is 5.91 Å². The Kier molecular flexibility index (Phi) is 6.09. The first kappa shape index (κ1) is 20.1. The summed E-state index contributed by atoms with van der Waals surface area (Å²) in [5, 5.41) is 5.89. The van der Waals surface area contributed by atoms with E-state index in [1.54, 1.807) is 6.07 Å². The van der Waals surface area contributed by atoms with Crippen LogP contribution in [-0.4, -0.2) is 40.6 Å². The minimum atomic E-state index is -0.158. The molecule has 1 atom stereocenters. The Morgan fingerprint density at radius 1 is 1.13 bits per heavy atom. The number of ether oxygens (including phenoxy) is 1. The lowest BCUT2D eigenvalue weighted by Gasteiger charge is -2.13. The molecule has 1 unspecified atom stereocenters. The van der Waals surface area contributed by atoms with Gasteiger partial charge in [-0.2, -0.15) is 0 Å². The van der Waals surface area contributed by atoms with Gasteiger partial charge in [-0.1, -0.05) is 30.3 Å². The summed E-state index contributed by atoms with van der Waals surface area (Å²) in [5.41, 5.74) is 3.21. The van der Waals surface area contributed by atoms with Crippen LogP contribution in [0.5, 0.6) is 0 Å². The molecular weight excluding hydrogens is 380 g/mol. The fourth-order valence-corrected chi connectivity index (χ4v) is 3.75. The second-order valence-electron chi connectivity index (χ2n) is 7.54. The molecular formula is C23H26N4O3. The zero-order valence-electron chi connectivity index (χ0n) is 17.1. The first-order valence-corrected chi connectivity index (χ1v) is 10.3. The number of nitrogens with zero attached hydrogens (tertiary/aromatic N) is 2. The van der Waals surface area contributed by atoms with Crippen molar-refractivity contribution in [3.05, 3.63) is 65.5 Å². The summed E-state index contributed by atoms with van der Waals surface area (Å²) < 4.78 is 7.43. The van der Waals surface area contributed by atoms with Crippen LogP contribution < -0.4 is 10.6 Å². The first-order chi connectivity index (χ1) is 14.6. The highest BCUT2D eigenvalue weighted by Crippen LogP contribution is 2.17. The smallest absolute Gasteiger partial charge is 0.251 e. The molecule has 0 bridgehead atoms. The molecule has 2 N–H and O–H groups in total. The third-order valence-corrected chi connectivity index (χ3v) is 5.38. The van der Waals surface area contributed by atoms with Gasteiger partial charge in [0, 0.05) is 18.7 Å². The van der Waals surface area contributed by atoms with Crippen LogP contribution in [0.15, 0.2) is 48.5 Å². The lowest BCUT2D eigenvalue weighted by atomic mass is 10.1. The van der Waals surface area contributed by atoms with Gasteiger partial charge < -0.3 is 19.9 Å². The molecule has 1 aliphatic heterocycles. The zero-order chi connectivity index (χ0) is 20.9. The van der Waals surface area contributed by atoms with Crippen LogP contribution in [0.4, 0.5) is 0 Å². The standard InChI is InChI=1S/C23H26N4O3/c1-16-7-2-3-9-18(16)23(29)25-14-21-26-19-10-4-5-11-20(19)27(21)15-22(28)24-13-17-8-6-12-30-17/h2-5,7,9-11,17H,6,8,12-15H2,1H3,(H,24,28)(H,25,29). The van der Waals surface area contributed by atoms with E-state index in [9.17, 15) is 9.59 Å². The van der Waals surface area contributed by atoms with Crippen molar-refractivity contribution in [2.45, 2.75) is 39.0 Å². The third kappa shape index (κ3) is 4.52. The van der Waals surface area contributed by atoms with E-state index in [1.165, 1.54) is 0 Å². The fourth-order valence-electron chi connectivity index (χ4n) is 3.75. The molecule has 4 rings (SSSR count). The van der Waals surface area contributed by atoms with E-state index in [4.69, 9.17) is 4.74 Å². The van der Waals surface area contributed by atoms with Gasteiger partial charge in [0.15, 0.2) is 0 Å². The van der Waals surface area contributed by atoms with Crippen molar-refractivity contribution in [3.8, 4) is 0 Å². The van der Waals surface area contributed by atoms with Crippen LogP contribution in [0.1, 0.15) is 34.6 Å². The number of hydrogen-bond donors (Lipinski definition) is 2. The Labute approximate surface area is 175 Å². The molecule has 7 heteroatoms. The van der Waals surface area contributed by atoms with E-state index in [2.05, 4.69) is 15.6 Å². The van der Waals surface area contributed by atoms with Gasteiger partial charge in [0.25, 0.3) is 5.91 Å². The predicted octanol–water partition coefficient (Wildman–Crippen LogP) is 2.57. The highest BCUT2D eigenvalue weighted by molar-refractivity contribution is 5.95. The number of benzene rings is 2. The molecule has 0 saturated carbocycles. The number of amides is 2. The Hall–Kier alpha value is -3.19. The number of fused-ring (bicyclic) bond motifs is 1. The number of hydrogen-bond acceptors (Lipinski definition) is 4. The number of para-hydroxylation sites is 2. The maximum absolute atomic E-state index is 12.6. The molecule has 2 amide bonds. The molecule has 30 heavy (non-hydrogen) atoms. The van der Waals surface area contributed by atoms with E-state index >= 15 is 0 Å². The minimum absolute atomic E-state index is 0.0971. The van der Waals surface area contributed by atoms with Crippen molar-refractivity contribution in [2.75, 3.05) is 13.2 Å². The Bertz CT molecular complexity index is 1050. The van der Waals surface area contributed by atoms with Crippen LogP contribution in [0.25, 0.3) is 11.0 Å². The van der Waals surface area contributed by atoms with Gasteiger partial charge in [0.05, 0.1) is 23.7 Å². The Morgan fingerprint density at radius 3 is 2.73 bits per heavy atom. The molecule has 2 heterocycles. The number of nitrogens with one attached hydrogen (secondary N) is 2. The summed E-state index contributed by atoms with van der Waals surface area (Å²) in [7, 11) is 0. The summed E-state index contributed by atoms with van der Waals surface area (Å²) in [5.74, 6) is 0.389. The van der Waals surface area contributed by atoms with Crippen molar-refractivity contribution < 1.29 is 14.3 Å². The van der Waals surface area contributed by atoms with Crippen molar-refractivity contribution in [1.82, 2.24) is 20.2 Å². The van der Waals surface area contributed by atoms with Gasteiger partial charge in [-0.15, -0.1) is 0 Å². The molecule has 3 aromatic rings. The second kappa shape index (κ2) is 9.09. The second-order valence-corrected chi connectivity index (χ2v) is 7.54. The Morgan fingerprint density at radius 2 is 1.93 bits per heavy atom. The predicted molar refractivity (Wildman–Crippen MR) is 114 cm³/mol. The molecule has 0 radical (unpaired) electrons. The van der Waals surface area contributed by atoms with Gasteiger partial charge in [-0.3, -0.25) is 9.59 Å². The molecule has 1 saturated heterocycles. The SMILES string of the molecule is Cc1ccccc1C(=O)NCc1nc2ccccc2n1CC(=O)NCC1CCCO1. The van der Waals surface area contributed by atoms with E-state index in [0.717, 1.165) is 36.0 Å². The molecule has 0 spiro atoms. The summed E-state index contributed by atoms with van der Waals surface area (Å²) >= 11 is 0. The zero-order valence-corrected chi connectivity index (χ0v) is 17.1. The molecule has 2 aromatic carbocycles.